The average molecular weight is 448 g/mol. The lowest BCUT2D eigenvalue weighted by atomic mass is 10.2. The van der Waals surface area contributed by atoms with Crippen molar-refractivity contribution in [2.24, 2.45) is 0 Å². The Balaban J connectivity index is 1.94. The van der Waals surface area contributed by atoms with Gasteiger partial charge in [0.05, 0.1) is 35.0 Å². The Morgan fingerprint density at radius 1 is 1.10 bits per heavy atom. The molecule has 0 aliphatic heterocycles. The van der Waals surface area contributed by atoms with E-state index in [2.05, 4.69) is 20.0 Å². The lowest BCUT2D eigenvalue weighted by molar-refractivity contribution is -0.133. The van der Waals surface area contributed by atoms with Gasteiger partial charge in [-0.15, -0.1) is 0 Å². The summed E-state index contributed by atoms with van der Waals surface area (Å²) in [7, 11) is 1.43. The van der Waals surface area contributed by atoms with Crippen molar-refractivity contribution < 1.29 is 27.4 Å². The van der Waals surface area contributed by atoms with Crippen molar-refractivity contribution in [3.63, 3.8) is 0 Å². The predicted molar refractivity (Wildman–Crippen MR) is 103 cm³/mol. The van der Waals surface area contributed by atoms with Gasteiger partial charge >= 0.3 is 6.61 Å². The molecule has 3 aromatic rings. The summed E-state index contributed by atoms with van der Waals surface area (Å²) in [4.78, 5) is 8.28. The number of benzene rings is 2. The first-order valence-corrected chi connectivity index (χ1v) is 8.92. The normalized spacial score (nSPS) is 11.1. The maximum Gasteiger partial charge on any atom is 0.345 e. The number of aromatic nitrogens is 2. The van der Waals surface area contributed by atoms with Gasteiger partial charge in [0.15, 0.2) is 17.3 Å². The van der Waals surface area contributed by atoms with Crippen LogP contribution in [0.15, 0.2) is 30.6 Å². The van der Waals surface area contributed by atoms with Crippen molar-refractivity contribution in [1.82, 2.24) is 9.97 Å². The van der Waals surface area contributed by atoms with Crippen molar-refractivity contribution >= 4 is 45.6 Å². The van der Waals surface area contributed by atoms with E-state index < -0.39 is 12.4 Å². The van der Waals surface area contributed by atoms with Crippen LogP contribution in [0.1, 0.15) is 0 Å². The van der Waals surface area contributed by atoms with Gasteiger partial charge in [-0.2, -0.15) is 8.78 Å². The number of nitrogens with zero attached hydrogens (tertiary/aromatic N) is 2. The van der Waals surface area contributed by atoms with Crippen molar-refractivity contribution in [3.05, 3.63) is 46.5 Å². The van der Waals surface area contributed by atoms with Gasteiger partial charge in [0, 0.05) is 11.5 Å². The number of hydrogen-bond donors (Lipinski definition) is 1. The maximum atomic E-state index is 14.4. The van der Waals surface area contributed by atoms with Crippen LogP contribution in [0.4, 0.5) is 24.7 Å². The number of fused-ring (bicyclic) bond motifs is 1. The minimum atomic E-state index is -2.89. The molecule has 0 atom stereocenters. The molecular formula is C18H14Cl2F3N3O3. The minimum absolute atomic E-state index is 0.0584. The molecule has 0 aliphatic carbocycles. The molecule has 0 spiro atoms. The highest BCUT2D eigenvalue weighted by Crippen LogP contribution is 2.36. The lowest BCUT2D eigenvalue weighted by Gasteiger charge is -2.14. The zero-order valence-electron chi connectivity index (χ0n) is 14.9. The zero-order chi connectivity index (χ0) is 21.0. The molecule has 1 aromatic heterocycles. The van der Waals surface area contributed by atoms with Gasteiger partial charge in [0.1, 0.15) is 18.8 Å². The second-order valence-corrected chi connectivity index (χ2v) is 6.36. The highest BCUT2D eigenvalue weighted by atomic mass is 35.5. The molecule has 0 unspecified atom stereocenters. The Kier molecular flexibility index (Phi) is 6.83. The number of methoxy groups -OCH3 is 1. The zero-order valence-corrected chi connectivity index (χ0v) is 16.4. The lowest BCUT2D eigenvalue weighted by Crippen LogP contribution is -2.10. The smallest absolute Gasteiger partial charge is 0.345 e. The molecule has 0 saturated carbocycles. The average Bonchev–Trinajstić information content (AvgIpc) is 2.71. The molecule has 2 aromatic carbocycles. The monoisotopic (exact) mass is 447 g/mol. The molecule has 29 heavy (non-hydrogen) atoms. The van der Waals surface area contributed by atoms with Crippen LogP contribution in [0, 0.1) is 5.82 Å². The summed E-state index contributed by atoms with van der Waals surface area (Å²) in [5, 5.41) is 3.17. The van der Waals surface area contributed by atoms with Gasteiger partial charge in [-0.05, 0) is 18.2 Å². The summed E-state index contributed by atoms with van der Waals surface area (Å²) in [6.45, 7) is -3.34. The first-order valence-electron chi connectivity index (χ1n) is 8.16. The first-order chi connectivity index (χ1) is 13.9. The number of hydrogen-bond acceptors (Lipinski definition) is 6. The van der Waals surface area contributed by atoms with Gasteiger partial charge < -0.3 is 19.5 Å². The predicted octanol–water partition coefficient (Wildman–Crippen LogP) is 5.45. The molecule has 6 nitrogen and oxygen atoms in total. The summed E-state index contributed by atoms with van der Waals surface area (Å²) in [6, 6.07) is 5.99. The molecule has 0 saturated heterocycles. The van der Waals surface area contributed by atoms with Crippen molar-refractivity contribution in [3.8, 4) is 11.5 Å². The van der Waals surface area contributed by atoms with E-state index in [1.807, 2.05) is 0 Å². The molecule has 154 valence electrons. The van der Waals surface area contributed by atoms with Gasteiger partial charge in [0.25, 0.3) is 0 Å². The fourth-order valence-corrected chi connectivity index (χ4v) is 2.79. The molecule has 0 amide bonds. The van der Waals surface area contributed by atoms with Crippen LogP contribution in [0.25, 0.3) is 10.9 Å². The van der Waals surface area contributed by atoms with Crippen molar-refractivity contribution in [2.75, 3.05) is 25.6 Å². The van der Waals surface area contributed by atoms with E-state index >= 15 is 0 Å². The molecule has 0 bridgehead atoms. The molecule has 1 heterocycles. The highest BCUT2D eigenvalue weighted by Gasteiger charge is 2.15. The highest BCUT2D eigenvalue weighted by molar-refractivity contribution is 6.42. The summed E-state index contributed by atoms with van der Waals surface area (Å²) in [5.41, 5.74) is 0.541. The van der Waals surface area contributed by atoms with Gasteiger partial charge in [-0.25, -0.2) is 14.4 Å². The summed E-state index contributed by atoms with van der Waals surface area (Å²) in [5.74, 6) is 0.119. The van der Waals surface area contributed by atoms with Crippen LogP contribution < -0.4 is 14.8 Å². The van der Waals surface area contributed by atoms with Gasteiger partial charge in [0.2, 0.25) is 0 Å². The molecule has 1 N–H and O–H groups in total. The van der Waals surface area contributed by atoms with Crippen LogP contribution in [0.2, 0.25) is 10.0 Å². The Labute approximate surface area is 173 Å². The van der Waals surface area contributed by atoms with E-state index in [9.17, 15) is 13.2 Å². The number of rotatable bonds is 8. The number of ether oxygens (including phenoxy) is 3. The molecule has 0 radical (unpaired) electrons. The molecule has 11 heteroatoms. The minimum Gasteiger partial charge on any atom is -0.493 e. The van der Waals surface area contributed by atoms with E-state index in [-0.39, 0.29) is 40.5 Å². The topological polar surface area (TPSA) is 65.5 Å². The van der Waals surface area contributed by atoms with Gasteiger partial charge in [-0.3, -0.25) is 0 Å². The van der Waals surface area contributed by atoms with E-state index in [1.165, 1.54) is 25.6 Å². The standard InChI is InChI=1S/C18H14Cl2F3N3O3/c1-27-13-7-12-9(6-14(13)28-4-5-29-18(22)23)17(25-8-24-12)26-11-3-2-10(19)15(20)16(11)21/h2-3,6-8,18H,4-5H2,1H3,(H,24,25,26). The van der Waals surface area contributed by atoms with E-state index in [0.29, 0.717) is 16.7 Å². The third-order valence-electron chi connectivity index (χ3n) is 3.79. The number of nitrogens with one attached hydrogen (secondary N) is 1. The summed E-state index contributed by atoms with van der Waals surface area (Å²) < 4.78 is 53.4. The maximum absolute atomic E-state index is 14.4. The quantitative estimate of drug-likeness (QED) is 0.366. The van der Waals surface area contributed by atoms with E-state index in [0.717, 1.165) is 0 Å². The Morgan fingerprint density at radius 3 is 2.62 bits per heavy atom. The third kappa shape index (κ3) is 4.92. The fraction of sp³-hybridized carbons (Fsp3) is 0.222. The van der Waals surface area contributed by atoms with Crippen LogP contribution in [-0.2, 0) is 4.74 Å². The second-order valence-electron chi connectivity index (χ2n) is 5.57. The third-order valence-corrected chi connectivity index (χ3v) is 4.57. The van der Waals surface area contributed by atoms with Crippen molar-refractivity contribution in [1.29, 1.82) is 0 Å². The number of alkyl halides is 2. The Hall–Kier alpha value is -2.49. The van der Waals surface area contributed by atoms with Crippen LogP contribution in [0.5, 0.6) is 11.5 Å². The molecule has 0 fully saturated rings. The summed E-state index contributed by atoms with van der Waals surface area (Å²) in [6.07, 6.45) is 1.29. The Morgan fingerprint density at radius 2 is 1.90 bits per heavy atom. The molecule has 0 aliphatic rings. The summed E-state index contributed by atoms with van der Waals surface area (Å²) >= 11 is 11.6. The van der Waals surface area contributed by atoms with E-state index in [4.69, 9.17) is 32.7 Å². The SMILES string of the molecule is COc1cc2ncnc(Nc3ccc(Cl)c(Cl)c3F)c2cc1OCCOC(F)F. The van der Waals surface area contributed by atoms with Crippen LogP contribution >= 0.6 is 23.2 Å². The molecular weight excluding hydrogens is 434 g/mol. The van der Waals surface area contributed by atoms with Crippen LogP contribution in [-0.4, -0.2) is 36.9 Å². The Bertz CT molecular complexity index is 1020. The number of halogens is 5. The molecule has 3 rings (SSSR count). The van der Waals surface area contributed by atoms with Crippen molar-refractivity contribution in [2.45, 2.75) is 6.61 Å². The largest absolute Gasteiger partial charge is 0.493 e. The number of anilines is 2. The second kappa shape index (κ2) is 9.34. The first kappa shape index (κ1) is 21.2. The fourth-order valence-electron chi connectivity index (χ4n) is 2.47. The van der Waals surface area contributed by atoms with Crippen LogP contribution in [0.3, 0.4) is 0 Å². The van der Waals surface area contributed by atoms with Gasteiger partial charge in [-0.1, -0.05) is 23.2 Å². The van der Waals surface area contributed by atoms with E-state index in [1.54, 1.807) is 12.1 Å².